The molecule has 1 saturated carbocycles. The van der Waals surface area contributed by atoms with Crippen molar-refractivity contribution >= 4 is 21.8 Å². The Labute approximate surface area is 116 Å². The number of amides is 1. The van der Waals surface area contributed by atoms with Gasteiger partial charge in [0.15, 0.2) is 0 Å². The normalized spacial score (nSPS) is 16.3. The molecule has 1 aromatic rings. The van der Waals surface area contributed by atoms with Crippen LogP contribution in [0.1, 0.15) is 42.5 Å². The molecule has 0 bridgehead atoms. The first kappa shape index (κ1) is 13.4. The summed E-state index contributed by atoms with van der Waals surface area (Å²) in [5.41, 5.74) is 0.668. The van der Waals surface area contributed by atoms with Crippen molar-refractivity contribution in [2.45, 2.75) is 38.1 Å². The van der Waals surface area contributed by atoms with Crippen LogP contribution in [0.15, 0.2) is 22.7 Å². The molecule has 1 aliphatic rings. The fraction of sp³-hybridized carbons (Fsp3) is 0.500. The van der Waals surface area contributed by atoms with Gasteiger partial charge in [-0.05, 0) is 47.0 Å². The zero-order valence-corrected chi connectivity index (χ0v) is 12.1. The van der Waals surface area contributed by atoms with Crippen molar-refractivity contribution in [1.82, 2.24) is 5.32 Å². The molecule has 2 rings (SSSR count). The average Bonchev–Trinajstić information content (AvgIpc) is 2.39. The van der Waals surface area contributed by atoms with Crippen LogP contribution in [0.25, 0.3) is 0 Å². The van der Waals surface area contributed by atoms with Gasteiger partial charge in [0.25, 0.3) is 5.91 Å². The average molecular weight is 312 g/mol. The molecule has 0 heterocycles. The van der Waals surface area contributed by atoms with Gasteiger partial charge in [-0.15, -0.1) is 0 Å². The number of hydrogen-bond acceptors (Lipinski definition) is 2. The maximum atomic E-state index is 12.2. The topological polar surface area (TPSA) is 38.3 Å². The summed E-state index contributed by atoms with van der Waals surface area (Å²) in [6, 6.07) is 5.75. The Bertz CT molecular complexity index is 428. The van der Waals surface area contributed by atoms with Crippen LogP contribution in [0.3, 0.4) is 0 Å². The minimum atomic E-state index is -0.00331. The number of hydrogen-bond donors (Lipinski definition) is 1. The van der Waals surface area contributed by atoms with Gasteiger partial charge < -0.3 is 10.1 Å². The predicted molar refractivity (Wildman–Crippen MR) is 75.0 cm³/mol. The van der Waals surface area contributed by atoms with Gasteiger partial charge in [-0.3, -0.25) is 4.79 Å². The van der Waals surface area contributed by atoms with Gasteiger partial charge in [0.2, 0.25) is 0 Å². The molecule has 0 aromatic heterocycles. The van der Waals surface area contributed by atoms with Crippen molar-refractivity contribution in [1.29, 1.82) is 0 Å². The Morgan fingerprint density at radius 2 is 2.06 bits per heavy atom. The van der Waals surface area contributed by atoms with Crippen LogP contribution >= 0.6 is 15.9 Å². The predicted octanol–water partition coefficient (Wildman–Crippen LogP) is 3.52. The van der Waals surface area contributed by atoms with Gasteiger partial charge in [-0.2, -0.15) is 0 Å². The second-order valence-electron chi connectivity index (χ2n) is 4.65. The maximum Gasteiger partial charge on any atom is 0.252 e. The van der Waals surface area contributed by atoms with Gasteiger partial charge in [0, 0.05) is 10.5 Å². The van der Waals surface area contributed by atoms with E-state index in [2.05, 4.69) is 21.2 Å². The van der Waals surface area contributed by atoms with Crippen LogP contribution in [-0.4, -0.2) is 19.1 Å². The quantitative estimate of drug-likeness (QED) is 0.927. The fourth-order valence-electron chi connectivity index (χ4n) is 2.32. The van der Waals surface area contributed by atoms with Crippen LogP contribution in [-0.2, 0) is 0 Å². The Balaban J connectivity index is 2.03. The Hall–Kier alpha value is -1.03. The maximum absolute atomic E-state index is 12.2. The van der Waals surface area contributed by atoms with Crippen molar-refractivity contribution in [2.24, 2.45) is 0 Å². The van der Waals surface area contributed by atoms with Crippen LogP contribution in [0.4, 0.5) is 0 Å². The largest absolute Gasteiger partial charge is 0.497 e. The molecule has 1 aliphatic carbocycles. The van der Waals surface area contributed by atoms with E-state index in [1.807, 2.05) is 6.07 Å². The lowest BCUT2D eigenvalue weighted by atomic mass is 9.95. The molecule has 1 N–H and O–H groups in total. The Morgan fingerprint density at radius 3 is 2.67 bits per heavy atom. The number of rotatable bonds is 3. The number of carbonyl (C=O) groups is 1. The summed E-state index contributed by atoms with van der Waals surface area (Å²) in [5.74, 6) is 0.743. The summed E-state index contributed by atoms with van der Waals surface area (Å²) in [5, 5.41) is 3.10. The molecule has 98 valence electrons. The van der Waals surface area contributed by atoms with E-state index in [4.69, 9.17) is 4.74 Å². The standard InChI is InChI=1S/C14H18BrNO2/c1-18-11-7-8-12(13(15)9-11)14(17)16-10-5-3-2-4-6-10/h7-10H,2-6H2,1H3,(H,16,17). The minimum Gasteiger partial charge on any atom is -0.497 e. The van der Waals surface area contributed by atoms with Crippen molar-refractivity contribution in [2.75, 3.05) is 7.11 Å². The van der Waals surface area contributed by atoms with Crippen molar-refractivity contribution in [3.05, 3.63) is 28.2 Å². The minimum absolute atomic E-state index is 0.00331. The third kappa shape index (κ3) is 3.25. The highest BCUT2D eigenvalue weighted by atomic mass is 79.9. The van der Waals surface area contributed by atoms with Crippen LogP contribution in [0, 0.1) is 0 Å². The molecule has 3 nitrogen and oxygen atoms in total. The molecule has 0 saturated heterocycles. The van der Waals surface area contributed by atoms with E-state index in [1.165, 1.54) is 19.3 Å². The lowest BCUT2D eigenvalue weighted by Crippen LogP contribution is -2.36. The number of nitrogens with one attached hydrogen (secondary N) is 1. The van der Waals surface area contributed by atoms with Gasteiger partial charge >= 0.3 is 0 Å². The highest BCUT2D eigenvalue weighted by Crippen LogP contribution is 2.24. The lowest BCUT2D eigenvalue weighted by Gasteiger charge is -2.23. The van der Waals surface area contributed by atoms with Gasteiger partial charge in [0.1, 0.15) is 5.75 Å². The molecule has 0 atom stereocenters. The van der Waals surface area contributed by atoms with Crippen LogP contribution < -0.4 is 10.1 Å². The van der Waals surface area contributed by atoms with E-state index < -0.39 is 0 Å². The molecule has 0 radical (unpaired) electrons. The molecule has 1 fully saturated rings. The third-order valence-electron chi connectivity index (χ3n) is 3.36. The monoisotopic (exact) mass is 311 g/mol. The van der Waals surface area contributed by atoms with Crippen LogP contribution in [0.2, 0.25) is 0 Å². The molecule has 0 aliphatic heterocycles. The first-order valence-corrected chi connectivity index (χ1v) is 7.14. The van der Waals surface area contributed by atoms with E-state index >= 15 is 0 Å². The van der Waals surface area contributed by atoms with Crippen molar-refractivity contribution < 1.29 is 9.53 Å². The fourth-order valence-corrected chi connectivity index (χ4v) is 2.85. The summed E-state index contributed by atoms with van der Waals surface area (Å²) < 4.78 is 5.89. The summed E-state index contributed by atoms with van der Waals surface area (Å²) in [6.45, 7) is 0. The molecule has 18 heavy (non-hydrogen) atoms. The second-order valence-corrected chi connectivity index (χ2v) is 5.51. The summed E-state index contributed by atoms with van der Waals surface area (Å²) in [7, 11) is 1.61. The van der Waals surface area contributed by atoms with E-state index in [-0.39, 0.29) is 5.91 Å². The molecular formula is C14H18BrNO2. The number of ether oxygens (including phenoxy) is 1. The van der Waals surface area contributed by atoms with Crippen LogP contribution in [0.5, 0.6) is 5.75 Å². The summed E-state index contributed by atoms with van der Waals surface area (Å²) in [4.78, 5) is 12.2. The molecule has 1 amide bonds. The van der Waals surface area contributed by atoms with E-state index in [0.29, 0.717) is 11.6 Å². The highest BCUT2D eigenvalue weighted by Gasteiger charge is 2.18. The van der Waals surface area contributed by atoms with Gasteiger partial charge in [-0.1, -0.05) is 19.3 Å². The summed E-state index contributed by atoms with van der Waals surface area (Å²) >= 11 is 3.41. The third-order valence-corrected chi connectivity index (χ3v) is 4.02. The summed E-state index contributed by atoms with van der Waals surface area (Å²) in [6.07, 6.45) is 5.92. The van der Waals surface area contributed by atoms with Gasteiger partial charge in [-0.25, -0.2) is 0 Å². The number of methoxy groups -OCH3 is 1. The number of carbonyl (C=O) groups excluding carboxylic acids is 1. The lowest BCUT2D eigenvalue weighted by molar-refractivity contribution is 0.0927. The van der Waals surface area contributed by atoms with E-state index in [1.54, 1.807) is 19.2 Å². The molecule has 1 aromatic carbocycles. The SMILES string of the molecule is COc1ccc(C(=O)NC2CCCCC2)c(Br)c1. The smallest absolute Gasteiger partial charge is 0.252 e. The zero-order valence-electron chi connectivity index (χ0n) is 10.5. The first-order valence-electron chi connectivity index (χ1n) is 6.35. The Kier molecular flexibility index (Phi) is 4.64. The molecule has 4 heteroatoms. The van der Waals surface area contributed by atoms with E-state index in [9.17, 15) is 4.79 Å². The molecule has 0 spiro atoms. The second kappa shape index (κ2) is 6.23. The van der Waals surface area contributed by atoms with E-state index in [0.717, 1.165) is 23.1 Å². The molecule has 0 unspecified atom stereocenters. The van der Waals surface area contributed by atoms with Gasteiger partial charge in [0.05, 0.1) is 12.7 Å². The Morgan fingerprint density at radius 1 is 1.33 bits per heavy atom. The van der Waals surface area contributed by atoms with Crippen molar-refractivity contribution in [3.63, 3.8) is 0 Å². The zero-order chi connectivity index (χ0) is 13.0. The highest BCUT2D eigenvalue weighted by molar-refractivity contribution is 9.10. The number of halogens is 1. The first-order chi connectivity index (χ1) is 8.70. The number of benzene rings is 1. The van der Waals surface area contributed by atoms with Crippen molar-refractivity contribution in [3.8, 4) is 5.75 Å². The molecular weight excluding hydrogens is 294 g/mol.